The number of halogens is 4. The second-order valence-corrected chi connectivity index (χ2v) is 6.46. The van der Waals surface area contributed by atoms with Gasteiger partial charge >= 0.3 is 0 Å². The minimum absolute atomic E-state index is 0.304. The van der Waals surface area contributed by atoms with Crippen molar-refractivity contribution in [2.24, 2.45) is 0 Å². The molecule has 0 aliphatic carbocycles. The van der Waals surface area contributed by atoms with E-state index < -0.39 is 46.4 Å². The molecule has 6 nitrogen and oxygen atoms in total. The zero-order valence-electron chi connectivity index (χ0n) is 15.1. The number of hydrogen-bond acceptors (Lipinski definition) is 4. The fourth-order valence-electron chi connectivity index (χ4n) is 2.92. The highest BCUT2D eigenvalue weighted by molar-refractivity contribution is 5.94. The van der Waals surface area contributed by atoms with Crippen LogP contribution >= 0.6 is 0 Å². The first-order valence-electron chi connectivity index (χ1n) is 8.47. The van der Waals surface area contributed by atoms with Crippen LogP contribution in [-0.2, 0) is 12.1 Å². The summed E-state index contributed by atoms with van der Waals surface area (Å²) < 4.78 is 55.9. The van der Waals surface area contributed by atoms with E-state index in [-0.39, 0.29) is 12.1 Å². The van der Waals surface area contributed by atoms with Gasteiger partial charge in [0.25, 0.3) is 5.91 Å². The Balaban J connectivity index is 1.95. The maximum Gasteiger partial charge on any atom is 0.254 e. The van der Waals surface area contributed by atoms with Crippen molar-refractivity contribution < 1.29 is 27.5 Å². The number of aromatic nitrogens is 3. The van der Waals surface area contributed by atoms with Crippen molar-refractivity contribution in [2.75, 3.05) is 0 Å². The number of amides is 1. The van der Waals surface area contributed by atoms with Crippen LogP contribution in [-0.4, -0.2) is 31.8 Å². The summed E-state index contributed by atoms with van der Waals surface area (Å²) >= 11 is 0. The molecule has 3 rings (SSSR count). The summed E-state index contributed by atoms with van der Waals surface area (Å²) in [6.45, 7) is 1.02. The van der Waals surface area contributed by atoms with Gasteiger partial charge in [-0.05, 0) is 25.1 Å². The predicted molar refractivity (Wildman–Crippen MR) is 93.6 cm³/mol. The summed E-state index contributed by atoms with van der Waals surface area (Å²) in [7, 11) is 0. The van der Waals surface area contributed by atoms with Gasteiger partial charge in [0.1, 0.15) is 41.5 Å². The Morgan fingerprint density at radius 2 is 1.79 bits per heavy atom. The lowest BCUT2D eigenvalue weighted by Gasteiger charge is -2.35. The summed E-state index contributed by atoms with van der Waals surface area (Å²) in [5, 5.41) is 17.5. The van der Waals surface area contributed by atoms with Gasteiger partial charge in [0.05, 0.1) is 18.2 Å². The van der Waals surface area contributed by atoms with Crippen LogP contribution in [0.5, 0.6) is 0 Å². The second-order valence-electron chi connectivity index (χ2n) is 6.46. The summed E-state index contributed by atoms with van der Waals surface area (Å²) in [6, 6.07) is 3.80. The van der Waals surface area contributed by atoms with E-state index in [1.807, 2.05) is 0 Å². The maximum atomic E-state index is 14.4. The van der Waals surface area contributed by atoms with Gasteiger partial charge in [-0.15, -0.1) is 0 Å². The Morgan fingerprint density at radius 3 is 2.38 bits per heavy atom. The highest BCUT2D eigenvalue weighted by atomic mass is 19.1. The van der Waals surface area contributed by atoms with Crippen molar-refractivity contribution in [2.45, 2.75) is 25.1 Å². The largest absolute Gasteiger partial charge is 0.381 e. The van der Waals surface area contributed by atoms with Crippen LogP contribution in [0.4, 0.5) is 17.6 Å². The van der Waals surface area contributed by atoms with Gasteiger partial charge < -0.3 is 10.4 Å². The number of nitrogens with zero attached hydrogens (tertiary/aromatic N) is 3. The number of benzene rings is 2. The summed E-state index contributed by atoms with van der Waals surface area (Å²) in [5.74, 6) is -4.79. The minimum atomic E-state index is -2.10. The Kier molecular flexibility index (Phi) is 5.64. The molecule has 0 bridgehead atoms. The number of carbonyl (C=O) groups excluding carboxylic acids is 1. The highest BCUT2D eigenvalue weighted by Gasteiger charge is 2.40. The van der Waals surface area contributed by atoms with Crippen LogP contribution < -0.4 is 5.32 Å². The first kappa shape index (κ1) is 20.5. The third kappa shape index (κ3) is 4.27. The van der Waals surface area contributed by atoms with Gasteiger partial charge in [-0.2, -0.15) is 5.10 Å². The summed E-state index contributed by atoms with van der Waals surface area (Å²) in [4.78, 5) is 16.2. The van der Waals surface area contributed by atoms with E-state index in [9.17, 15) is 27.5 Å². The van der Waals surface area contributed by atoms with Gasteiger partial charge in [-0.1, -0.05) is 6.07 Å². The fourth-order valence-corrected chi connectivity index (χ4v) is 2.92. The van der Waals surface area contributed by atoms with E-state index in [1.54, 1.807) is 0 Å². The van der Waals surface area contributed by atoms with Crippen LogP contribution in [0.3, 0.4) is 0 Å². The Morgan fingerprint density at radius 1 is 1.14 bits per heavy atom. The molecule has 0 saturated carbocycles. The van der Waals surface area contributed by atoms with Crippen LogP contribution in [0.15, 0.2) is 49.1 Å². The quantitative estimate of drug-likeness (QED) is 0.615. The number of aliphatic hydroxyl groups is 1. The van der Waals surface area contributed by atoms with Crippen molar-refractivity contribution in [1.29, 1.82) is 0 Å². The van der Waals surface area contributed by atoms with Crippen molar-refractivity contribution in [3.63, 3.8) is 0 Å². The molecule has 1 heterocycles. The van der Waals surface area contributed by atoms with E-state index in [0.29, 0.717) is 12.1 Å². The first-order valence-corrected chi connectivity index (χ1v) is 8.47. The van der Waals surface area contributed by atoms with E-state index in [1.165, 1.54) is 24.3 Å². The molecule has 0 aliphatic rings. The predicted octanol–water partition coefficient (Wildman–Crippen LogP) is 2.54. The molecule has 152 valence electrons. The molecule has 0 radical (unpaired) electrons. The molecule has 0 spiro atoms. The van der Waals surface area contributed by atoms with E-state index in [2.05, 4.69) is 15.4 Å². The fraction of sp³-hybridized carbons (Fsp3) is 0.211. The standard InChI is InChI=1S/C19H16F4N4O2/c1-11(26-18(28)14-4-2-12(20)6-16(14)22)19(29,8-27-10-24-9-25-27)15-5-3-13(21)7-17(15)23/h2-7,9-11,29H,8H2,1H3,(H,26,28)/t11-,19-/m1/s1. The lowest BCUT2D eigenvalue weighted by atomic mass is 9.86. The lowest BCUT2D eigenvalue weighted by Crippen LogP contribution is -2.52. The number of nitrogens with one attached hydrogen (secondary N) is 1. The van der Waals surface area contributed by atoms with Gasteiger partial charge in [0, 0.05) is 17.7 Å². The third-order valence-corrected chi connectivity index (χ3v) is 4.51. The van der Waals surface area contributed by atoms with E-state index in [0.717, 1.165) is 24.3 Å². The molecule has 3 aromatic rings. The monoisotopic (exact) mass is 408 g/mol. The van der Waals surface area contributed by atoms with Crippen LogP contribution in [0, 0.1) is 23.3 Å². The second kappa shape index (κ2) is 8.00. The molecule has 2 N–H and O–H groups in total. The van der Waals surface area contributed by atoms with Gasteiger partial charge in [0.2, 0.25) is 0 Å². The lowest BCUT2D eigenvalue weighted by molar-refractivity contribution is -0.0186. The molecule has 2 aromatic carbocycles. The number of carbonyl (C=O) groups is 1. The van der Waals surface area contributed by atoms with Crippen LogP contribution in [0.1, 0.15) is 22.8 Å². The molecule has 0 aliphatic heterocycles. The van der Waals surface area contributed by atoms with Gasteiger partial charge in [-0.25, -0.2) is 27.2 Å². The average Bonchev–Trinajstić information content (AvgIpc) is 3.14. The molecular formula is C19H16F4N4O2. The average molecular weight is 408 g/mol. The summed E-state index contributed by atoms with van der Waals surface area (Å²) in [5.41, 5.74) is -2.86. The highest BCUT2D eigenvalue weighted by Crippen LogP contribution is 2.30. The minimum Gasteiger partial charge on any atom is -0.381 e. The van der Waals surface area contributed by atoms with Crippen molar-refractivity contribution in [1.82, 2.24) is 20.1 Å². The normalized spacial score (nSPS) is 14.3. The van der Waals surface area contributed by atoms with Crippen molar-refractivity contribution in [3.8, 4) is 0 Å². The van der Waals surface area contributed by atoms with Gasteiger partial charge in [-0.3, -0.25) is 4.79 Å². The molecule has 10 heteroatoms. The Bertz CT molecular complexity index is 1030. The topological polar surface area (TPSA) is 80.0 Å². The Hall–Kier alpha value is -3.27. The maximum absolute atomic E-state index is 14.4. The molecule has 1 aromatic heterocycles. The molecule has 0 fully saturated rings. The zero-order chi connectivity index (χ0) is 21.2. The van der Waals surface area contributed by atoms with Crippen LogP contribution in [0.25, 0.3) is 0 Å². The van der Waals surface area contributed by atoms with Crippen molar-refractivity contribution >= 4 is 5.91 Å². The zero-order valence-corrected chi connectivity index (χ0v) is 15.1. The van der Waals surface area contributed by atoms with E-state index >= 15 is 0 Å². The molecule has 2 atom stereocenters. The first-order chi connectivity index (χ1) is 13.7. The third-order valence-electron chi connectivity index (χ3n) is 4.51. The summed E-state index contributed by atoms with van der Waals surface area (Å²) in [6.07, 6.45) is 2.46. The molecular weight excluding hydrogens is 392 g/mol. The van der Waals surface area contributed by atoms with E-state index in [4.69, 9.17) is 0 Å². The SMILES string of the molecule is C[C@@H](NC(=O)c1ccc(F)cc1F)[C@](O)(Cn1cncn1)c1ccc(F)cc1F. The molecule has 0 saturated heterocycles. The number of rotatable bonds is 6. The smallest absolute Gasteiger partial charge is 0.254 e. The van der Waals surface area contributed by atoms with Crippen molar-refractivity contribution in [3.05, 3.63) is 83.4 Å². The van der Waals surface area contributed by atoms with Gasteiger partial charge in [0.15, 0.2) is 0 Å². The number of hydrogen-bond donors (Lipinski definition) is 2. The molecule has 0 unspecified atom stereocenters. The molecule has 29 heavy (non-hydrogen) atoms. The molecule has 1 amide bonds. The van der Waals surface area contributed by atoms with Crippen LogP contribution in [0.2, 0.25) is 0 Å². The Labute approximate surface area is 162 Å².